The number of ether oxygens (including phenoxy) is 2. The summed E-state index contributed by atoms with van der Waals surface area (Å²) < 4.78 is 127. The smallest absolute Gasteiger partial charge is 0.425 e. The molecule has 10 nitrogen and oxygen atoms in total. The zero-order chi connectivity index (χ0) is 33.0. The molecule has 2 saturated heterocycles. The molecule has 3 aliphatic heterocycles. The lowest BCUT2D eigenvalue weighted by Gasteiger charge is -2.30. The Hall–Kier alpha value is -3.80. The first-order chi connectivity index (χ1) is 21.7. The number of nitrogens with one attached hydrogen (secondary N) is 2. The Balaban J connectivity index is 1.56. The molecule has 0 spiro atoms. The van der Waals surface area contributed by atoms with E-state index in [1.807, 2.05) is 4.90 Å². The number of aryl methyl sites for hydroxylation is 1. The van der Waals surface area contributed by atoms with Crippen molar-refractivity contribution in [2.45, 2.75) is 62.8 Å². The summed E-state index contributed by atoms with van der Waals surface area (Å²) in [6.07, 6.45) is -12.5. The van der Waals surface area contributed by atoms with Crippen LogP contribution in [0.25, 0.3) is 22.2 Å². The van der Waals surface area contributed by atoms with Gasteiger partial charge < -0.3 is 25.8 Å². The SMILES string of the molecule is Cc1nc(N)cc(-c2nc3c4c(nc(OCC56CCCN5C[C@H](F)C6)nc4c2F)NCCNCC[C@H](C(F)(F)F)O3)c1C(F)(F)F. The minimum Gasteiger partial charge on any atom is -0.464 e. The number of alkyl halides is 7. The molecule has 4 N–H and O–H groups in total. The number of aromatic nitrogens is 4. The molecule has 250 valence electrons. The van der Waals surface area contributed by atoms with Crippen LogP contribution in [0.15, 0.2) is 6.07 Å². The molecule has 3 aromatic rings. The molecular weight excluding hydrogens is 632 g/mol. The predicted octanol–water partition coefficient (Wildman–Crippen LogP) is 4.81. The fourth-order valence-corrected chi connectivity index (χ4v) is 6.52. The Bertz CT molecular complexity index is 1640. The third-order valence-corrected chi connectivity index (χ3v) is 8.52. The van der Waals surface area contributed by atoms with Gasteiger partial charge in [0.1, 0.15) is 41.0 Å². The molecule has 0 aromatic carbocycles. The second-order valence-electron chi connectivity index (χ2n) is 11.7. The normalized spacial score (nSPS) is 24.3. The van der Waals surface area contributed by atoms with Gasteiger partial charge in [-0.05, 0) is 38.9 Å². The van der Waals surface area contributed by atoms with E-state index < -0.39 is 93.5 Å². The second kappa shape index (κ2) is 11.8. The number of nitrogens with zero attached hydrogens (tertiary/aromatic N) is 5. The molecule has 0 bridgehead atoms. The number of rotatable bonds is 4. The van der Waals surface area contributed by atoms with E-state index in [1.165, 1.54) is 0 Å². The minimum absolute atomic E-state index is 0.0721. The number of halogens is 8. The highest BCUT2D eigenvalue weighted by molar-refractivity contribution is 5.96. The van der Waals surface area contributed by atoms with Crippen molar-refractivity contribution in [1.29, 1.82) is 0 Å². The van der Waals surface area contributed by atoms with E-state index in [1.54, 1.807) is 0 Å². The van der Waals surface area contributed by atoms with Crippen LogP contribution in [-0.2, 0) is 6.18 Å². The maximum absolute atomic E-state index is 16.5. The van der Waals surface area contributed by atoms with E-state index in [0.717, 1.165) is 19.4 Å². The molecule has 18 heteroatoms. The molecule has 1 unspecified atom stereocenters. The monoisotopic (exact) mass is 662 g/mol. The van der Waals surface area contributed by atoms with Crippen molar-refractivity contribution in [3.8, 4) is 23.1 Å². The maximum Gasteiger partial charge on any atom is 0.425 e. The van der Waals surface area contributed by atoms with Crippen molar-refractivity contribution in [2.75, 3.05) is 50.4 Å². The molecule has 3 aliphatic rings. The number of hydrogen-bond acceptors (Lipinski definition) is 10. The third-order valence-electron chi connectivity index (χ3n) is 8.52. The van der Waals surface area contributed by atoms with Gasteiger partial charge in [-0.2, -0.15) is 36.3 Å². The van der Waals surface area contributed by atoms with Gasteiger partial charge in [-0.25, -0.2) is 18.7 Å². The van der Waals surface area contributed by atoms with Crippen molar-refractivity contribution in [1.82, 2.24) is 30.2 Å². The molecule has 0 aliphatic carbocycles. The number of pyridine rings is 2. The van der Waals surface area contributed by atoms with E-state index in [4.69, 9.17) is 15.2 Å². The molecule has 6 heterocycles. The summed E-state index contributed by atoms with van der Waals surface area (Å²) in [5.74, 6) is -2.88. The summed E-state index contributed by atoms with van der Waals surface area (Å²) in [7, 11) is 0. The number of hydrogen-bond donors (Lipinski definition) is 3. The minimum atomic E-state index is -5.07. The van der Waals surface area contributed by atoms with Gasteiger partial charge in [0.15, 0.2) is 11.9 Å². The van der Waals surface area contributed by atoms with Crippen molar-refractivity contribution < 1.29 is 44.6 Å². The molecule has 3 atom stereocenters. The zero-order valence-corrected chi connectivity index (χ0v) is 24.5. The van der Waals surface area contributed by atoms with Crippen molar-refractivity contribution in [3.63, 3.8) is 0 Å². The van der Waals surface area contributed by atoms with Crippen molar-refractivity contribution >= 4 is 22.5 Å². The predicted molar refractivity (Wildman–Crippen MR) is 150 cm³/mol. The van der Waals surface area contributed by atoms with Gasteiger partial charge in [-0.3, -0.25) is 4.90 Å². The summed E-state index contributed by atoms with van der Waals surface area (Å²) in [4.78, 5) is 17.9. The van der Waals surface area contributed by atoms with Crippen LogP contribution in [0.1, 0.15) is 36.9 Å². The van der Waals surface area contributed by atoms with E-state index in [9.17, 15) is 30.7 Å². The van der Waals surface area contributed by atoms with Gasteiger partial charge in [0.05, 0.1) is 16.8 Å². The Morgan fingerprint density at radius 2 is 1.89 bits per heavy atom. The Labute approximate surface area is 257 Å². The molecule has 0 saturated carbocycles. The average molecular weight is 663 g/mol. The number of nitrogens with two attached hydrogens (primary N) is 1. The molecule has 0 radical (unpaired) electrons. The number of nitrogen functional groups attached to an aromatic ring is 1. The highest BCUT2D eigenvalue weighted by Gasteiger charge is 2.49. The lowest BCUT2D eigenvalue weighted by atomic mass is 9.95. The first-order valence-electron chi connectivity index (χ1n) is 14.6. The van der Waals surface area contributed by atoms with Crippen molar-refractivity contribution in [2.24, 2.45) is 0 Å². The summed E-state index contributed by atoms with van der Waals surface area (Å²) in [5, 5.41) is 5.30. The molecule has 3 aromatic heterocycles. The lowest BCUT2D eigenvalue weighted by molar-refractivity contribution is -0.196. The van der Waals surface area contributed by atoms with Crippen LogP contribution in [0.4, 0.5) is 46.8 Å². The highest BCUT2D eigenvalue weighted by atomic mass is 19.4. The summed E-state index contributed by atoms with van der Waals surface area (Å²) in [6.45, 7) is 1.96. The summed E-state index contributed by atoms with van der Waals surface area (Å²) in [6, 6.07) is 0.312. The van der Waals surface area contributed by atoms with Gasteiger partial charge in [0.25, 0.3) is 0 Å². The fourth-order valence-electron chi connectivity index (χ4n) is 6.52. The molecular formula is C28H30F8N8O2. The van der Waals surface area contributed by atoms with Crippen LogP contribution >= 0.6 is 0 Å². The van der Waals surface area contributed by atoms with Gasteiger partial charge in [-0.1, -0.05) is 0 Å². The quantitative estimate of drug-likeness (QED) is 0.336. The fraction of sp³-hybridized carbons (Fsp3) is 0.571. The largest absolute Gasteiger partial charge is 0.464 e. The molecule has 6 rings (SSSR count). The molecule has 0 amide bonds. The summed E-state index contributed by atoms with van der Waals surface area (Å²) in [5.41, 5.74) is 0.512. The van der Waals surface area contributed by atoms with Gasteiger partial charge >= 0.3 is 18.4 Å². The first kappa shape index (κ1) is 32.2. The van der Waals surface area contributed by atoms with E-state index in [0.29, 0.717) is 13.0 Å². The highest BCUT2D eigenvalue weighted by Crippen LogP contribution is 2.44. The van der Waals surface area contributed by atoms with E-state index in [-0.39, 0.29) is 45.0 Å². The Kier molecular flexibility index (Phi) is 8.23. The summed E-state index contributed by atoms with van der Waals surface area (Å²) >= 11 is 0. The van der Waals surface area contributed by atoms with Crippen LogP contribution < -0.4 is 25.8 Å². The molecule has 2 fully saturated rings. The van der Waals surface area contributed by atoms with Crippen LogP contribution in [0.3, 0.4) is 0 Å². The number of anilines is 2. The van der Waals surface area contributed by atoms with Crippen LogP contribution in [0.2, 0.25) is 0 Å². The van der Waals surface area contributed by atoms with Gasteiger partial charge in [0, 0.05) is 38.0 Å². The average Bonchev–Trinajstić information content (AvgIpc) is 3.46. The topological polar surface area (TPSA) is 123 Å². The first-order valence-corrected chi connectivity index (χ1v) is 14.6. The number of fused-ring (bicyclic) bond motifs is 1. The molecule has 46 heavy (non-hydrogen) atoms. The van der Waals surface area contributed by atoms with Crippen LogP contribution in [-0.4, -0.2) is 88.2 Å². The zero-order valence-electron chi connectivity index (χ0n) is 24.5. The van der Waals surface area contributed by atoms with E-state index >= 15 is 4.39 Å². The Morgan fingerprint density at radius 3 is 2.63 bits per heavy atom. The third kappa shape index (κ3) is 6.03. The van der Waals surface area contributed by atoms with Gasteiger partial charge in [0.2, 0.25) is 5.88 Å². The standard InChI is InChI=1S/C28H30F8N8O2/c1-13-19(28(34,35)36)15(9-17(37)40-13)21-20(30)22-18-23(39-7-6-38-5-3-16(27(31,32)33)46-24(18)41-21)43-25(42-22)45-12-26-4-2-8-44(26)11-14(29)10-26/h9,14,16,38H,2-8,10-12H2,1H3,(H2,37,40)(H,39,42,43)/t14-,16-,26?/m1/s1. The van der Waals surface area contributed by atoms with Crippen LogP contribution in [0, 0.1) is 12.7 Å². The second-order valence-corrected chi connectivity index (χ2v) is 11.7. The van der Waals surface area contributed by atoms with Crippen LogP contribution in [0.5, 0.6) is 11.9 Å². The van der Waals surface area contributed by atoms with E-state index in [2.05, 4.69) is 30.6 Å². The lowest BCUT2D eigenvalue weighted by Crippen LogP contribution is -2.43. The Morgan fingerprint density at radius 1 is 1.11 bits per heavy atom. The maximum atomic E-state index is 16.5. The van der Waals surface area contributed by atoms with Crippen molar-refractivity contribution in [3.05, 3.63) is 23.1 Å². The van der Waals surface area contributed by atoms with Gasteiger partial charge in [-0.15, -0.1) is 0 Å².